The summed E-state index contributed by atoms with van der Waals surface area (Å²) in [6, 6.07) is 21.7. The van der Waals surface area contributed by atoms with E-state index in [1.165, 1.54) is 6.08 Å². The van der Waals surface area contributed by atoms with E-state index in [1.807, 2.05) is 54.6 Å². The lowest BCUT2D eigenvalue weighted by Crippen LogP contribution is -2.26. The zero-order chi connectivity index (χ0) is 26.9. The third-order valence-corrected chi connectivity index (χ3v) is 6.02. The standard InChI is InChI=1S/C30H29N3O5/c1-38-26-15-11-23(12-16-26)27(30(36)32-25-13-14-25)18-21-4-2-20(3-5-21)8-17-28(34)31-19-22-6-9-24(10-7-22)29(35)33-37/h2-12,15-18,25,37H,13-14,19H2,1H3,(H,31,34)(H,32,36)(H,33,35). The molecule has 3 aromatic carbocycles. The summed E-state index contributed by atoms with van der Waals surface area (Å²) >= 11 is 0. The average Bonchev–Trinajstić information content (AvgIpc) is 3.78. The molecule has 0 bridgehead atoms. The fraction of sp³-hybridized carbons (Fsp3) is 0.167. The van der Waals surface area contributed by atoms with Crippen LogP contribution in [0.15, 0.2) is 78.9 Å². The number of carbonyl (C=O) groups is 3. The number of hydrogen-bond acceptors (Lipinski definition) is 5. The number of amides is 3. The summed E-state index contributed by atoms with van der Waals surface area (Å²) in [4.78, 5) is 36.5. The van der Waals surface area contributed by atoms with E-state index in [0.29, 0.717) is 17.7 Å². The first kappa shape index (κ1) is 26.4. The molecule has 0 atom stereocenters. The summed E-state index contributed by atoms with van der Waals surface area (Å²) in [5, 5.41) is 14.5. The lowest BCUT2D eigenvalue weighted by atomic mass is 10.0. The van der Waals surface area contributed by atoms with E-state index >= 15 is 0 Å². The molecule has 0 radical (unpaired) electrons. The van der Waals surface area contributed by atoms with Gasteiger partial charge in [-0.05, 0) is 71.5 Å². The molecule has 8 nitrogen and oxygen atoms in total. The molecule has 4 rings (SSSR count). The molecular formula is C30H29N3O5. The smallest absolute Gasteiger partial charge is 0.274 e. The van der Waals surface area contributed by atoms with Crippen molar-refractivity contribution < 1.29 is 24.3 Å². The van der Waals surface area contributed by atoms with Crippen LogP contribution in [0.5, 0.6) is 5.75 Å². The molecule has 0 unspecified atom stereocenters. The first-order chi connectivity index (χ1) is 18.4. The number of rotatable bonds is 10. The van der Waals surface area contributed by atoms with E-state index in [2.05, 4.69) is 10.6 Å². The van der Waals surface area contributed by atoms with Crippen molar-refractivity contribution in [3.8, 4) is 5.75 Å². The Bertz CT molecular complexity index is 1340. The maximum Gasteiger partial charge on any atom is 0.274 e. The van der Waals surface area contributed by atoms with E-state index in [9.17, 15) is 14.4 Å². The van der Waals surface area contributed by atoms with Crippen LogP contribution in [0.25, 0.3) is 17.7 Å². The molecule has 0 spiro atoms. The minimum atomic E-state index is -0.594. The summed E-state index contributed by atoms with van der Waals surface area (Å²) in [5.41, 5.74) is 5.79. The van der Waals surface area contributed by atoms with Crippen molar-refractivity contribution in [1.29, 1.82) is 0 Å². The predicted octanol–water partition coefficient (Wildman–Crippen LogP) is 3.96. The van der Waals surface area contributed by atoms with Crippen LogP contribution in [-0.2, 0) is 16.1 Å². The molecule has 194 valence electrons. The first-order valence-corrected chi connectivity index (χ1v) is 12.2. The van der Waals surface area contributed by atoms with Crippen LogP contribution in [-0.4, -0.2) is 36.1 Å². The van der Waals surface area contributed by atoms with Crippen LogP contribution in [0.1, 0.15) is 45.5 Å². The summed E-state index contributed by atoms with van der Waals surface area (Å²) in [5.74, 6) is -0.237. The molecule has 38 heavy (non-hydrogen) atoms. The zero-order valence-electron chi connectivity index (χ0n) is 20.9. The summed E-state index contributed by atoms with van der Waals surface area (Å²) < 4.78 is 5.23. The fourth-order valence-corrected chi connectivity index (χ4v) is 3.67. The minimum absolute atomic E-state index is 0.107. The third-order valence-electron chi connectivity index (χ3n) is 6.02. The van der Waals surface area contributed by atoms with Gasteiger partial charge in [0.25, 0.3) is 11.8 Å². The second-order valence-electron chi connectivity index (χ2n) is 8.89. The number of carbonyl (C=O) groups excluding carboxylic acids is 3. The Hall–Kier alpha value is -4.69. The second-order valence-corrected chi connectivity index (χ2v) is 8.89. The molecule has 0 aliphatic heterocycles. The highest BCUT2D eigenvalue weighted by atomic mass is 16.5. The largest absolute Gasteiger partial charge is 0.497 e. The second kappa shape index (κ2) is 12.5. The SMILES string of the molecule is COc1ccc(C(=Cc2ccc(C=CC(=O)NCc3ccc(C(=O)NO)cc3)cc2)C(=O)NC2CC2)cc1. The maximum atomic E-state index is 12.9. The number of methoxy groups -OCH3 is 1. The van der Waals surface area contributed by atoms with Gasteiger partial charge in [-0.3, -0.25) is 19.6 Å². The number of nitrogens with one attached hydrogen (secondary N) is 3. The molecule has 0 aromatic heterocycles. The Morgan fingerprint density at radius 1 is 0.895 bits per heavy atom. The van der Waals surface area contributed by atoms with Crippen LogP contribution < -0.4 is 20.9 Å². The van der Waals surface area contributed by atoms with Gasteiger partial charge in [-0.15, -0.1) is 0 Å². The van der Waals surface area contributed by atoms with Crippen molar-refractivity contribution >= 4 is 35.4 Å². The third kappa shape index (κ3) is 7.41. The minimum Gasteiger partial charge on any atom is -0.497 e. The Balaban J connectivity index is 1.38. The lowest BCUT2D eigenvalue weighted by Gasteiger charge is -2.10. The predicted molar refractivity (Wildman–Crippen MR) is 145 cm³/mol. The van der Waals surface area contributed by atoms with Crippen LogP contribution in [0.4, 0.5) is 0 Å². The van der Waals surface area contributed by atoms with Crippen molar-refractivity contribution in [3.05, 3.63) is 107 Å². The van der Waals surface area contributed by atoms with Crippen molar-refractivity contribution in [1.82, 2.24) is 16.1 Å². The zero-order valence-corrected chi connectivity index (χ0v) is 20.9. The van der Waals surface area contributed by atoms with E-state index < -0.39 is 5.91 Å². The molecular weight excluding hydrogens is 482 g/mol. The lowest BCUT2D eigenvalue weighted by molar-refractivity contribution is -0.117. The quantitative estimate of drug-likeness (QED) is 0.142. The Kier molecular flexibility index (Phi) is 8.69. The number of hydroxylamine groups is 1. The average molecular weight is 512 g/mol. The molecule has 0 saturated heterocycles. The summed E-state index contributed by atoms with van der Waals surface area (Å²) in [7, 11) is 1.60. The fourth-order valence-electron chi connectivity index (χ4n) is 3.67. The molecule has 1 fully saturated rings. The van der Waals surface area contributed by atoms with Crippen LogP contribution in [0.3, 0.4) is 0 Å². The van der Waals surface area contributed by atoms with Gasteiger partial charge in [-0.2, -0.15) is 0 Å². The van der Waals surface area contributed by atoms with Crippen molar-refractivity contribution in [2.24, 2.45) is 0 Å². The molecule has 1 saturated carbocycles. The van der Waals surface area contributed by atoms with Crippen molar-refractivity contribution in [2.75, 3.05) is 7.11 Å². The molecule has 8 heteroatoms. The normalized spacial score (nSPS) is 13.2. The topological polar surface area (TPSA) is 117 Å². The molecule has 3 amide bonds. The Morgan fingerprint density at radius 2 is 1.53 bits per heavy atom. The van der Waals surface area contributed by atoms with Gasteiger partial charge in [0.15, 0.2) is 0 Å². The summed E-state index contributed by atoms with van der Waals surface area (Å²) in [6.45, 7) is 0.297. The molecule has 3 aromatic rings. The Morgan fingerprint density at radius 3 is 2.13 bits per heavy atom. The van der Waals surface area contributed by atoms with Gasteiger partial charge >= 0.3 is 0 Å². The van der Waals surface area contributed by atoms with Crippen LogP contribution in [0.2, 0.25) is 0 Å². The number of hydrogen-bond donors (Lipinski definition) is 4. The highest BCUT2D eigenvalue weighted by Gasteiger charge is 2.25. The van der Waals surface area contributed by atoms with Gasteiger partial charge < -0.3 is 15.4 Å². The van der Waals surface area contributed by atoms with E-state index in [-0.39, 0.29) is 17.9 Å². The molecule has 4 N–H and O–H groups in total. The van der Waals surface area contributed by atoms with Gasteiger partial charge in [-0.1, -0.05) is 48.5 Å². The van der Waals surface area contributed by atoms with E-state index in [0.717, 1.165) is 40.8 Å². The van der Waals surface area contributed by atoms with Gasteiger partial charge in [0.1, 0.15) is 5.75 Å². The van der Waals surface area contributed by atoms with Gasteiger partial charge in [0.05, 0.1) is 7.11 Å². The summed E-state index contributed by atoms with van der Waals surface area (Å²) in [6.07, 6.45) is 7.03. The molecule has 1 aliphatic rings. The maximum absolute atomic E-state index is 12.9. The highest BCUT2D eigenvalue weighted by Crippen LogP contribution is 2.25. The number of benzene rings is 3. The van der Waals surface area contributed by atoms with E-state index in [4.69, 9.17) is 9.94 Å². The van der Waals surface area contributed by atoms with Gasteiger partial charge in [0, 0.05) is 29.8 Å². The van der Waals surface area contributed by atoms with Crippen molar-refractivity contribution in [3.63, 3.8) is 0 Å². The highest BCUT2D eigenvalue weighted by molar-refractivity contribution is 6.24. The first-order valence-electron chi connectivity index (χ1n) is 12.2. The number of ether oxygens (including phenoxy) is 1. The van der Waals surface area contributed by atoms with Crippen LogP contribution >= 0.6 is 0 Å². The van der Waals surface area contributed by atoms with Gasteiger partial charge in [-0.25, -0.2) is 5.48 Å². The van der Waals surface area contributed by atoms with Gasteiger partial charge in [0.2, 0.25) is 5.91 Å². The monoisotopic (exact) mass is 511 g/mol. The Labute approximate surface area is 221 Å². The van der Waals surface area contributed by atoms with E-state index in [1.54, 1.807) is 42.9 Å². The van der Waals surface area contributed by atoms with Crippen LogP contribution in [0, 0.1) is 0 Å². The molecule has 0 heterocycles. The van der Waals surface area contributed by atoms with Crippen molar-refractivity contribution in [2.45, 2.75) is 25.4 Å². The molecule has 1 aliphatic carbocycles.